The summed E-state index contributed by atoms with van der Waals surface area (Å²) < 4.78 is 12.4. The molecule has 1 saturated heterocycles. The fourth-order valence-electron chi connectivity index (χ4n) is 1.74. The molecule has 1 unspecified atom stereocenters. The van der Waals surface area contributed by atoms with E-state index in [1.54, 1.807) is 0 Å². The van der Waals surface area contributed by atoms with Crippen molar-refractivity contribution in [2.24, 2.45) is 0 Å². The van der Waals surface area contributed by atoms with Crippen LogP contribution in [0, 0.1) is 3.57 Å². The van der Waals surface area contributed by atoms with Gasteiger partial charge < -0.3 is 14.4 Å². The molecule has 1 aromatic carbocycles. The highest BCUT2D eigenvalue weighted by atomic mass is 127. The average Bonchev–Trinajstić information content (AvgIpc) is 2.28. The lowest BCUT2D eigenvalue weighted by Gasteiger charge is -2.29. The molecular formula is C12H15ClINO2. The molecule has 1 aliphatic rings. The summed E-state index contributed by atoms with van der Waals surface area (Å²) in [6.07, 6.45) is 0.153. The Kier molecular flexibility index (Phi) is 4.90. The number of morpholine rings is 1. The molecule has 17 heavy (non-hydrogen) atoms. The van der Waals surface area contributed by atoms with Crippen LogP contribution in [0.4, 0.5) is 0 Å². The Morgan fingerprint density at radius 3 is 3.12 bits per heavy atom. The van der Waals surface area contributed by atoms with E-state index in [1.807, 2.05) is 18.2 Å². The van der Waals surface area contributed by atoms with Gasteiger partial charge in [-0.1, -0.05) is 11.6 Å². The van der Waals surface area contributed by atoms with Crippen LogP contribution in [0.2, 0.25) is 5.02 Å². The van der Waals surface area contributed by atoms with E-state index < -0.39 is 0 Å². The van der Waals surface area contributed by atoms with Crippen molar-refractivity contribution in [3.63, 3.8) is 0 Å². The molecule has 0 aliphatic carbocycles. The van der Waals surface area contributed by atoms with Gasteiger partial charge in [0.15, 0.2) is 0 Å². The number of hydrogen-bond donors (Lipinski definition) is 0. The van der Waals surface area contributed by atoms with Gasteiger partial charge in [-0.05, 0) is 47.8 Å². The Hall–Kier alpha value is -0.0400. The molecule has 1 heterocycles. The molecule has 0 amide bonds. The lowest BCUT2D eigenvalue weighted by molar-refractivity contribution is -0.0404. The van der Waals surface area contributed by atoms with Crippen molar-refractivity contribution in [3.05, 3.63) is 26.8 Å². The van der Waals surface area contributed by atoms with Gasteiger partial charge in [0, 0.05) is 18.1 Å². The lowest BCUT2D eigenvalue weighted by Crippen LogP contribution is -2.42. The van der Waals surface area contributed by atoms with Gasteiger partial charge in [0.1, 0.15) is 18.5 Å². The smallest absolute Gasteiger partial charge is 0.132 e. The molecule has 0 N–H and O–H groups in total. The second kappa shape index (κ2) is 6.22. The van der Waals surface area contributed by atoms with E-state index >= 15 is 0 Å². The first kappa shape index (κ1) is 13.4. The van der Waals surface area contributed by atoms with Crippen LogP contribution >= 0.6 is 34.2 Å². The monoisotopic (exact) mass is 367 g/mol. The summed E-state index contributed by atoms with van der Waals surface area (Å²) in [6.45, 7) is 3.28. The van der Waals surface area contributed by atoms with Crippen molar-refractivity contribution in [3.8, 4) is 5.75 Å². The van der Waals surface area contributed by atoms with Crippen LogP contribution in [-0.4, -0.2) is 44.4 Å². The number of nitrogens with zero attached hydrogens (tertiary/aromatic N) is 1. The van der Waals surface area contributed by atoms with Crippen LogP contribution < -0.4 is 4.74 Å². The minimum absolute atomic E-state index is 0.153. The molecule has 0 saturated carbocycles. The highest BCUT2D eigenvalue weighted by molar-refractivity contribution is 14.1. The Bertz CT molecular complexity index is 389. The van der Waals surface area contributed by atoms with E-state index in [0.717, 1.165) is 34.0 Å². The van der Waals surface area contributed by atoms with Gasteiger partial charge >= 0.3 is 0 Å². The van der Waals surface area contributed by atoms with E-state index in [-0.39, 0.29) is 6.10 Å². The standard InChI is InChI=1S/C12H15ClINO2/c1-15-4-5-16-10(7-15)8-17-12-3-2-9(13)6-11(12)14/h2-3,6,10H,4-5,7-8H2,1H3. The maximum absolute atomic E-state index is 5.89. The molecule has 1 atom stereocenters. The van der Waals surface area contributed by atoms with Crippen LogP contribution in [0.5, 0.6) is 5.75 Å². The molecule has 3 nitrogen and oxygen atoms in total. The van der Waals surface area contributed by atoms with Gasteiger partial charge in [0.2, 0.25) is 0 Å². The molecule has 0 aromatic heterocycles. The van der Waals surface area contributed by atoms with Crippen LogP contribution in [0.15, 0.2) is 18.2 Å². The highest BCUT2D eigenvalue weighted by Gasteiger charge is 2.18. The Labute approximate surface area is 120 Å². The first-order valence-electron chi connectivity index (χ1n) is 5.53. The Balaban J connectivity index is 1.88. The summed E-state index contributed by atoms with van der Waals surface area (Å²) in [5.74, 6) is 0.867. The fraction of sp³-hybridized carbons (Fsp3) is 0.500. The van der Waals surface area contributed by atoms with Gasteiger partial charge in [0.05, 0.1) is 10.2 Å². The summed E-state index contributed by atoms with van der Waals surface area (Å²) >= 11 is 8.12. The fourth-order valence-corrected chi connectivity index (χ4v) is 2.77. The zero-order chi connectivity index (χ0) is 12.3. The predicted molar refractivity (Wildman–Crippen MR) is 76.9 cm³/mol. The molecule has 0 bridgehead atoms. The number of likely N-dealkylation sites (N-methyl/N-ethyl adjacent to an activating group) is 1. The third kappa shape index (κ3) is 3.98. The number of rotatable bonds is 3. The number of halogens is 2. The predicted octanol–water partition coefficient (Wildman–Crippen LogP) is 2.65. The normalized spacial score (nSPS) is 21.5. The summed E-state index contributed by atoms with van der Waals surface area (Å²) in [6, 6.07) is 5.63. The maximum atomic E-state index is 5.89. The number of ether oxygens (including phenoxy) is 2. The quantitative estimate of drug-likeness (QED) is 0.767. The first-order chi connectivity index (χ1) is 8.15. The average molecular weight is 368 g/mol. The third-order valence-electron chi connectivity index (χ3n) is 2.66. The molecule has 0 radical (unpaired) electrons. The second-order valence-electron chi connectivity index (χ2n) is 4.14. The molecule has 1 aromatic rings. The summed E-state index contributed by atoms with van der Waals surface area (Å²) in [7, 11) is 2.10. The van der Waals surface area contributed by atoms with Crippen molar-refractivity contribution >= 4 is 34.2 Å². The van der Waals surface area contributed by atoms with Crippen molar-refractivity contribution in [2.45, 2.75) is 6.10 Å². The topological polar surface area (TPSA) is 21.7 Å². The van der Waals surface area contributed by atoms with Gasteiger partial charge in [-0.2, -0.15) is 0 Å². The molecular weight excluding hydrogens is 352 g/mol. The largest absolute Gasteiger partial charge is 0.490 e. The SMILES string of the molecule is CN1CCOC(COc2ccc(Cl)cc2I)C1. The van der Waals surface area contributed by atoms with E-state index in [4.69, 9.17) is 21.1 Å². The minimum Gasteiger partial charge on any atom is -0.490 e. The Morgan fingerprint density at radius 2 is 2.41 bits per heavy atom. The molecule has 94 valence electrons. The maximum Gasteiger partial charge on any atom is 0.132 e. The van der Waals surface area contributed by atoms with Crippen molar-refractivity contribution in [1.82, 2.24) is 4.90 Å². The van der Waals surface area contributed by atoms with Gasteiger partial charge in [-0.3, -0.25) is 0 Å². The molecule has 2 rings (SSSR count). The lowest BCUT2D eigenvalue weighted by atomic mass is 10.3. The van der Waals surface area contributed by atoms with Crippen molar-refractivity contribution in [2.75, 3.05) is 33.4 Å². The van der Waals surface area contributed by atoms with Crippen molar-refractivity contribution in [1.29, 1.82) is 0 Å². The van der Waals surface area contributed by atoms with Gasteiger partial charge in [-0.15, -0.1) is 0 Å². The van der Waals surface area contributed by atoms with E-state index in [2.05, 4.69) is 34.5 Å². The molecule has 5 heteroatoms. The van der Waals surface area contributed by atoms with Crippen LogP contribution in [-0.2, 0) is 4.74 Å². The zero-order valence-electron chi connectivity index (χ0n) is 9.66. The summed E-state index contributed by atoms with van der Waals surface area (Å²) in [4.78, 5) is 2.25. The van der Waals surface area contributed by atoms with Crippen LogP contribution in [0.3, 0.4) is 0 Å². The van der Waals surface area contributed by atoms with Crippen LogP contribution in [0.1, 0.15) is 0 Å². The first-order valence-corrected chi connectivity index (χ1v) is 6.99. The molecule has 0 spiro atoms. The van der Waals surface area contributed by atoms with Gasteiger partial charge in [0.25, 0.3) is 0 Å². The zero-order valence-corrected chi connectivity index (χ0v) is 12.6. The van der Waals surface area contributed by atoms with E-state index in [0.29, 0.717) is 6.61 Å². The molecule has 1 aliphatic heterocycles. The molecule has 1 fully saturated rings. The Morgan fingerprint density at radius 1 is 1.59 bits per heavy atom. The summed E-state index contributed by atoms with van der Waals surface area (Å²) in [5, 5.41) is 0.732. The second-order valence-corrected chi connectivity index (χ2v) is 5.74. The summed E-state index contributed by atoms with van der Waals surface area (Å²) in [5.41, 5.74) is 0. The third-order valence-corrected chi connectivity index (χ3v) is 3.74. The highest BCUT2D eigenvalue weighted by Crippen LogP contribution is 2.24. The number of benzene rings is 1. The van der Waals surface area contributed by atoms with Crippen LogP contribution in [0.25, 0.3) is 0 Å². The van der Waals surface area contributed by atoms with Gasteiger partial charge in [-0.25, -0.2) is 0 Å². The minimum atomic E-state index is 0.153. The van der Waals surface area contributed by atoms with E-state index in [9.17, 15) is 0 Å². The van der Waals surface area contributed by atoms with Crippen molar-refractivity contribution < 1.29 is 9.47 Å². The number of hydrogen-bond acceptors (Lipinski definition) is 3. The van der Waals surface area contributed by atoms with E-state index in [1.165, 1.54) is 0 Å².